The van der Waals surface area contributed by atoms with Crippen LogP contribution in [-0.4, -0.2) is 34.0 Å². The molecule has 1 aromatic rings. The zero-order chi connectivity index (χ0) is 16.0. The van der Waals surface area contributed by atoms with Gasteiger partial charge < -0.3 is 10.4 Å². The molecule has 8 nitrogen and oxygen atoms in total. The summed E-state index contributed by atoms with van der Waals surface area (Å²) in [6, 6.07) is 4.40. The number of carboxylic acids is 1. The first kappa shape index (κ1) is 16.9. The minimum Gasteiger partial charge on any atom is -0.480 e. The standard InChI is InChI=1S/C12H15N3O5S/c1-7(11(16)13-8(2)12(17)18)14-21-10-6-4-3-5-9(10)15(19)20/h3-8,14H,1-2H3,(H,13,16)(H,17,18)/t7-,8-/m0/s1. The van der Waals surface area contributed by atoms with Gasteiger partial charge >= 0.3 is 5.97 Å². The third-order valence-electron chi connectivity index (χ3n) is 2.53. The Labute approximate surface area is 125 Å². The average molecular weight is 313 g/mol. The summed E-state index contributed by atoms with van der Waals surface area (Å²) in [5.41, 5.74) is -0.0680. The number of benzene rings is 1. The Hall–Kier alpha value is -2.13. The van der Waals surface area contributed by atoms with Gasteiger partial charge in [-0.1, -0.05) is 12.1 Å². The number of carbonyl (C=O) groups excluding carboxylic acids is 1. The third kappa shape index (κ3) is 5.04. The van der Waals surface area contributed by atoms with Gasteiger partial charge in [0.1, 0.15) is 10.9 Å². The van der Waals surface area contributed by atoms with E-state index in [0.29, 0.717) is 4.90 Å². The van der Waals surface area contributed by atoms with Crippen LogP contribution >= 0.6 is 11.9 Å². The molecule has 0 unspecified atom stereocenters. The highest BCUT2D eigenvalue weighted by atomic mass is 32.2. The summed E-state index contributed by atoms with van der Waals surface area (Å²) in [4.78, 5) is 33.1. The first-order chi connectivity index (χ1) is 9.82. The summed E-state index contributed by atoms with van der Waals surface area (Å²) in [6.07, 6.45) is 0. The molecular formula is C12H15N3O5S. The molecule has 0 saturated heterocycles. The number of nitro benzene ring substituents is 1. The number of aliphatic carboxylic acids is 1. The van der Waals surface area contributed by atoms with Gasteiger partial charge in [0.05, 0.1) is 11.0 Å². The van der Waals surface area contributed by atoms with E-state index in [1.807, 2.05) is 0 Å². The molecule has 1 aromatic carbocycles. The van der Waals surface area contributed by atoms with Gasteiger partial charge in [-0.3, -0.25) is 19.7 Å². The molecule has 21 heavy (non-hydrogen) atoms. The summed E-state index contributed by atoms with van der Waals surface area (Å²) in [7, 11) is 0. The van der Waals surface area contributed by atoms with Gasteiger partial charge in [0.15, 0.2) is 0 Å². The van der Waals surface area contributed by atoms with Crippen LogP contribution in [0.15, 0.2) is 29.2 Å². The van der Waals surface area contributed by atoms with Gasteiger partial charge in [-0.15, -0.1) is 0 Å². The summed E-state index contributed by atoms with van der Waals surface area (Å²) in [5, 5.41) is 21.8. The molecule has 0 bridgehead atoms. The predicted octanol–water partition coefficient (Wildman–Crippen LogP) is 1.17. The van der Waals surface area contributed by atoms with Gasteiger partial charge in [0.2, 0.25) is 5.91 Å². The monoisotopic (exact) mass is 313 g/mol. The van der Waals surface area contributed by atoms with Crippen molar-refractivity contribution in [2.24, 2.45) is 0 Å². The molecule has 0 aliphatic rings. The molecule has 0 fully saturated rings. The molecule has 0 heterocycles. The van der Waals surface area contributed by atoms with Crippen molar-refractivity contribution < 1.29 is 19.6 Å². The molecular weight excluding hydrogens is 298 g/mol. The van der Waals surface area contributed by atoms with Crippen LogP contribution in [0.4, 0.5) is 5.69 Å². The molecule has 1 rings (SSSR count). The van der Waals surface area contributed by atoms with Crippen LogP contribution in [0, 0.1) is 10.1 Å². The van der Waals surface area contributed by atoms with E-state index in [0.717, 1.165) is 11.9 Å². The van der Waals surface area contributed by atoms with Gasteiger partial charge in [0.25, 0.3) is 5.69 Å². The number of rotatable bonds is 7. The number of carbonyl (C=O) groups is 2. The van der Waals surface area contributed by atoms with Crippen molar-refractivity contribution in [3.05, 3.63) is 34.4 Å². The molecule has 0 aromatic heterocycles. The van der Waals surface area contributed by atoms with E-state index in [2.05, 4.69) is 10.0 Å². The van der Waals surface area contributed by atoms with Gasteiger partial charge in [-0.05, 0) is 31.9 Å². The maximum atomic E-state index is 11.7. The van der Waals surface area contributed by atoms with E-state index in [1.54, 1.807) is 18.2 Å². The Balaban J connectivity index is 2.61. The fourth-order valence-electron chi connectivity index (χ4n) is 1.30. The van der Waals surface area contributed by atoms with Crippen LogP contribution in [-0.2, 0) is 9.59 Å². The minimum absolute atomic E-state index is 0.0680. The van der Waals surface area contributed by atoms with Crippen molar-refractivity contribution in [3.63, 3.8) is 0 Å². The van der Waals surface area contributed by atoms with E-state index in [4.69, 9.17) is 5.11 Å². The predicted molar refractivity (Wildman–Crippen MR) is 76.8 cm³/mol. The maximum Gasteiger partial charge on any atom is 0.325 e. The summed E-state index contributed by atoms with van der Waals surface area (Å²) < 4.78 is 2.75. The number of nitrogens with one attached hydrogen (secondary N) is 2. The highest BCUT2D eigenvalue weighted by molar-refractivity contribution is 7.97. The molecule has 0 aliphatic heterocycles. The van der Waals surface area contributed by atoms with Crippen molar-refractivity contribution in [2.45, 2.75) is 30.8 Å². The fraction of sp³-hybridized carbons (Fsp3) is 0.333. The van der Waals surface area contributed by atoms with E-state index in [9.17, 15) is 19.7 Å². The van der Waals surface area contributed by atoms with Crippen molar-refractivity contribution in [3.8, 4) is 0 Å². The maximum absolute atomic E-state index is 11.7. The smallest absolute Gasteiger partial charge is 0.325 e. The van der Waals surface area contributed by atoms with E-state index in [1.165, 1.54) is 19.9 Å². The summed E-state index contributed by atoms with van der Waals surface area (Å²) >= 11 is 0.947. The van der Waals surface area contributed by atoms with Crippen LogP contribution in [0.25, 0.3) is 0 Å². The number of nitrogens with zero attached hydrogens (tertiary/aromatic N) is 1. The Morgan fingerprint density at radius 1 is 1.29 bits per heavy atom. The largest absolute Gasteiger partial charge is 0.480 e. The first-order valence-electron chi connectivity index (χ1n) is 6.02. The van der Waals surface area contributed by atoms with E-state index in [-0.39, 0.29) is 5.69 Å². The number of hydrogen-bond acceptors (Lipinski definition) is 6. The molecule has 9 heteroatoms. The summed E-state index contributed by atoms with van der Waals surface area (Å²) in [5.74, 6) is -1.64. The van der Waals surface area contributed by atoms with Crippen LogP contribution in [0.3, 0.4) is 0 Å². The normalized spacial score (nSPS) is 13.2. The first-order valence-corrected chi connectivity index (χ1v) is 6.83. The van der Waals surface area contributed by atoms with Crippen molar-refractivity contribution in [1.82, 2.24) is 10.0 Å². The second-order valence-corrected chi connectivity index (χ2v) is 5.11. The lowest BCUT2D eigenvalue weighted by molar-refractivity contribution is -0.387. The molecule has 0 radical (unpaired) electrons. The second-order valence-electron chi connectivity index (χ2n) is 4.23. The highest BCUT2D eigenvalue weighted by Gasteiger charge is 2.20. The molecule has 0 aliphatic carbocycles. The third-order valence-corrected chi connectivity index (χ3v) is 3.57. The Kier molecular flexibility index (Phi) is 6.12. The lowest BCUT2D eigenvalue weighted by Crippen LogP contribution is -2.46. The van der Waals surface area contributed by atoms with Crippen molar-refractivity contribution >= 4 is 29.5 Å². The zero-order valence-electron chi connectivity index (χ0n) is 11.4. The van der Waals surface area contributed by atoms with E-state index < -0.39 is 28.9 Å². The van der Waals surface area contributed by atoms with Crippen LogP contribution in [0.1, 0.15) is 13.8 Å². The van der Waals surface area contributed by atoms with Gasteiger partial charge in [-0.25, -0.2) is 4.72 Å². The summed E-state index contributed by atoms with van der Waals surface area (Å²) in [6.45, 7) is 2.88. The lowest BCUT2D eigenvalue weighted by Gasteiger charge is -2.15. The number of carboxylic acid groups (broad SMARTS) is 1. The minimum atomic E-state index is -1.14. The zero-order valence-corrected chi connectivity index (χ0v) is 12.2. The Morgan fingerprint density at radius 3 is 2.48 bits per heavy atom. The SMILES string of the molecule is C[C@H](NC(=O)[C@H](C)NSc1ccccc1[N+](=O)[O-])C(=O)O. The van der Waals surface area contributed by atoms with Crippen molar-refractivity contribution in [2.75, 3.05) is 0 Å². The molecule has 3 N–H and O–H groups in total. The quantitative estimate of drug-likeness (QED) is 0.392. The van der Waals surface area contributed by atoms with E-state index >= 15 is 0 Å². The van der Waals surface area contributed by atoms with Gasteiger partial charge in [-0.2, -0.15) is 0 Å². The number of hydrogen-bond donors (Lipinski definition) is 3. The molecule has 2 atom stereocenters. The second kappa shape index (κ2) is 7.60. The number of amides is 1. The molecule has 0 spiro atoms. The molecule has 1 amide bonds. The number of para-hydroxylation sites is 1. The topological polar surface area (TPSA) is 122 Å². The fourth-order valence-corrected chi connectivity index (χ4v) is 2.10. The molecule has 0 saturated carbocycles. The van der Waals surface area contributed by atoms with Crippen LogP contribution in [0.2, 0.25) is 0 Å². The van der Waals surface area contributed by atoms with Crippen LogP contribution < -0.4 is 10.0 Å². The van der Waals surface area contributed by atoms with Crippen molar-refractivity contribution in [1.29, 1.82) is 0 Å². The molecule has 114 valence electrons. The van der Waals surface area contributed by atoms with Gasteiger partial charge in [0, 0.05) is 6.07 Å². The number of nitro groups is 1. The lowest BCUT2D eigenvalue weighted by atomic mass is 10.3. The average Bonchev–Trinajstić information content (AvgIpc) is 2.44. The Morgan fingerprint density at radius 2 is 1.90 bits per heavy atom. The Bertz CT molecular complexity index is 551. The highest BCUT2D eigenvalue weighted by Crippen LogP contribution is 2.26. The van der Waals surface area contributed by atoms with Crippen LogP contribution in [0.5, 0.6) is 0 Å².